The largest absolute Gasteiger partial charge is 0.508 e. The zero-order valence-corrected chi connectivity index (χ0v) is 23.3. The number of carbonyl (C=O) groups excluding carboxylic acids is 4. The quantitative estimate of drug-likeness (QED) is 0.208. The van der Waals surface area contributed by atoms with E-state index in [4.69, 9.17) is 5.73 Å². The van der Waals surface area contributed by atoms with E-state index >= 15 is 0 Å². The number of nitrogens with one attached hydrogen (secondary N) is 1. The maximum Gasteiger partial charge on any atom is 0.416 e. The molecule has 1 saturated carbocycles. The van der Waals surface area contributed by atoms with Gasteiger partial charge < -0.3 is 31.5 Å². The van der Waals surface area contributed by atoms with E-state index < -0.39 is 110 Å². The van der Waals surface area contributed by atoms with Crippen LogP contribution in [0.25, 0.3) is 5.76 Å². The molecule has 7 N–H and O–H groups in total. The highest BCUT2D eigenvalue weighted by molar-refractivity contribution is 6.24. The Morgan fingerprint density at radius 2 is 1.79 bits per heavy atom. The number of ketones is 2. The minimum absolute atomic E-state index is 0.139. The number of alkyl halides is 3. The molecular weight excluding hydrogens is 577 g/mol. The van der Waals surface area contributed by atoms with Crippen molar-refractivity contribution < 1.29 is 52.8 Å². The summed E-state index contributed by atoms with van der Waals surface area (Å²) < 4.78 is 43.1. The molecule has 0 bridgehead atoms. The zero-order chi connectivity index (χ0) is 31.8. The molecule has 4 atom stereocenters. The van der Waals surface area contributed by atoms with Gasteiger partial charge in [-0.25, -0.2) is 0 Å². The predicted molar refractivity (Wildman–Crippen MR) is 144 cm³/mol. The molecule has 5 rings (SSSR count). The number of phenolic OH excluding ortho intramolecular Hbond substituents is 1. The lowest BCUT2D eigenvalue weighted by Gasteiger charge is -2.50. The Kier molecular flexibility index (Phi) is 7.34. The molecule has 0 radical (unpaired) electrons. The fourth-order valence-corrected chi connectivity index (χ4v) is 6.99. The number of halogens is 3. The number of fused-ring (bicyclic) bond motifs is 3. The lowest BCUT2D eigenvalue weighted by molar-refractivity contribution is -0.153. The second kappa shape index (κ2) is 10.3. The third kappa shape index (κ3) is 4.66. The molecule has 1 aliphatic heterocycles. The van der Waals surface area contributed by atoms with Gasteiger partial charge in [-0.2, -0.15) is 13.2 Å². The first-order valence-electron chi connectivity index (χ1n) is 13.6. The summed E-state index contributed by atoms with van der Waals surface area (Å²) in [5.74, 6) is -10.4. The number of aliphatic hydroxyl groups is 3. The number of carbonyl (C=O) groups is 4. The van der Waals surface area contributed by atoms with Gasteiger partial charge in [0.05, 0.1) is 29.4 Å². The number of amides is 2. The van der Waals surface area contributed by atoms with Gasteiger partial charge in [-0.3, -0.25) is 29.0 Å². The molecule has 3 aliphatic carbocycles. The summed E-state index contributed by atoms with van der Waals surface area (Å²) in [7, 11) is 2.82. The SMILES string of the molecule is CN(C)[C@@H]1C(=O)C(C(N)=O)=C(O)[C@@]2(O)C(=O)C3=C(O)c4c(O)c(NC(=O)CN5CCCC5)cc(C(F)(F)F)c4C[C@H]3C[C@@H]12. The molecule has 0 spiro atoms. The van der Waals surface area contributed by atoms with Crippen LogP contribution in [0.3, 0.4) is 0 Å². The molecule has 1 saturated heterocycles. The number of rotatable bonds is 5. The molecule has 1 aromatic rings. The van der Waals surface area contributed by atoms with Gasteiger partial charge >= 0.3 is 6.18 Å². The number of benzene rings is 1. The Labute approximate surface area is 243 Å². The van der Waals surface area contributed by atoms with Crippen LogP contribution in [0.2, 0.25) is 0 Å². The highest BCUT2D eigenvalue weighted by Crippen LogP contribution is 2.55. The van der Waals surface area contributed by atoms with Crippen molar-refractivity contribution in [2.24, 2.45) is 17.6 Å². The van der Waals surface area contributed by atoms with Gasteiger partial charge in [0.1, 0.15) is 22.8 Å². The van der Waals surface area contributed by atoms with Gasteiger partial charge in [0.2, 0.25) is 11.7 Å². The maximum absolute atomic E-state index is 14.4. The highest BCUT2D eigenvalue weighted by Gasteiger charge is 2.64. The van der Waals surface area contributed by atoms with Crippen LogP contribution >= 0.6 is 0 Å². The Hall–Kier alpha value is -3.95. The summed E-state index contributed by atoms with van der Waals surface area (Å²) in [6.45, 7) is 1.10. The molecule has 232 valence electrons. The number of hydrogen-bond acceptors (Lipinski definition) is 10. The fourth-order valence-electron chi connectivity index (χ4n) is 6.99. The number of likely N-dealkylation sites (tertiary alicyclic amines) is 1. The van der Waals surface area contributed by atoms with E-state index in [1.165, 1.54) is 19.0 Å². The zero-order valence-electron chi connectivity index (χ0n) is 23.3. The smallest absolute Gasteiger partial charge is 0.416 e. The number of likely N-dealkylation sites (N-methyl/N-ethyl adjacent to an activating group) is 1. The molecule has 43 heavy (non-hydrogen) atoms. The van der Waals surface area contributed by atoms with E-state index in [0.717, 1.165) is 12.8 Å². The summed E-state index contributed by atoms with van der Waals surface area (Å²) in [5, 5.41) is 47.2. The van der Waals surface area contributed by atoms with E-state index in [-0.39, 0.29) is 13.0 Å². The van der Waals surface area contributed by atoms with Crippen LogP contribution in [0.4, 0.5) is 18.9 Å². The number of primary amides is 1. The topological polar surface area (TPSA) is 194 Å². The van der Waals surface area contributed by atoms with E-state index in [1.54, 1.807) is 4.90 Å². The van der Waals surface area contributed by atoms with Crippen molar-refractivity contribution in [3.63, 3.8) is 0 Å². The van der Waals surface area contributed by atoms with Crippen molar-refractivity contribution in [1.82, 2.24) is 9.80 Å². The maximum atomic E-state index is 14.4. The van der Waals surface area contributed by atoms with Crippen molar-refractivity contribution in [2.45, 2.75) is 43.5 Å². The first-order chi connectivity index (χ1) is 20.0. The van der Waals surface area contributed by atoms with Gasteiger partial charge in [0, 0.05) is 11.5 Å². The monoisotopic (exact) mass is 608 g/mol. The molecule has 0 unspecified atom stereocenters. The molecule has 4 aliphatic rings. The Balaban J connectivity index is 1.67. The average molecular weight is 609 g/mol. The van der Waals surface area contributed by atoms with E-state index in [0.29, 0.717) is 19.2 Å². The summed E-state index contributed by atoms with van der Waals surface area (Å²) in [6.07, 6.45) is -4.20. The molecular formula is C28H31F3N4O8. The number of aromatic hydroxyl groups is 1. The minimum Gasteiger partial charge on any atom is -0.508 e. The molecule has 2 amide bonds. The van der Waals surface area contributed by atoms with Crippen molar-refractivity contribution in [1.29, 1.82) is 0 Å². The van der Waals surface area contributed by atoms with Gasteiger partial charge in [-0.15, -0.1) is 0 Å². The van der Waals surface area contributed by atoms with E-state index in [2.05, 4.69) is 5.32 Å². The third-order valence-electron chi connectivity index (χ3n) is 8.87. The Bertz CT molecular complexity index is 1510. The minimum atomic E-state index is -5.01. The van der Waals surface area contributed by atoms with Crippen molar-refractivity contribution >= 4 is 34.8 Å². The normalized spacial score (nSPS) is 27.7. The summed E-state index contributed by atoms with van der Waals surface area (Å²) >= 11 is 0. The number of aliphatic hydroxyl groups excluding tert-OH is 2. The van der Waals surface area contributed by atoms with Gasteiger partial charge in [0.25, 0.3) is 5.91 Å². The second-order valence-corrected chi connectivity index (χ2v) is 11.7. The second-order valence-electron chi connectivity index (χ2n) is 11.7. The van der Waals surface area contributed by atoms with Gasteiger partial charge in [-0.05, 0) is 70.4 Å². The van der Waals surface area contributed by atoms with Crippen molar-refractivity contribution in [3.05, 3.63) is 39.7 Å². The fraction of sp³-hybridized carbons (Fsp3) is 0.500. The Morgan fingerprint density at radius 3 is 2.35 bits per heavy atom. The number of nitrogens with zero attached hydrogens (tertiary/aromatic N) is 2. The van der Waals surface area contributed by atoms with Crippen molar-refractivity contribution in [3.8, 4) is 5.75 Å². The summed E-state index contributed by atoms with van der Waals surface area (Å²) in [4.78, 5) is 54.9. The number of anilines is 1. The van der Waals surface area contributed by atoms with Crippen LogP contribution in [0, 0.1) is 11.8 Å². The molecule has 15 heteroatoms. The standard InChI is InChI=1S/C28H31F3N4O8/c1-34(2)20-14-8-11-7-12-13(28(29,30)31)9-15(33-16(36)10-35-5-3-4-6-35)21(37)18(12)22(38)17(11)24(40)27(14,43)25(41)19(23(20)39)26(32)42/h9,11,14,20,37-38,41,43H,3-8,10H2,1-2H3,(H2,32,42)(H,33,36)/t11-,14-,20-,27-/m0/s1. The summed E-state index contributed by atoms with van der Waals surface area (Å²) in [5.41, 5.74) is -2.48. The van der Waals surface area contributed by atoms with Gasteiger partial charge in [-0.1, -0.05) is 0 Å². The van der Waals surface area contributed by atoms with Gasteiger partial charge in [0.15, 0.2) is 11.4 Å². The average Bonchev–Trinajstić information content (AvgIpc) is 3.39. The Morgan fingerprint density at radius 1 is 1.16 bits per heavy atom. The molecule has 1 heterocycles. The van der Waals surface area contributed by atoms with Crippen LogP contribution in [0.15, 0.2) is 23.0 Å². The number of nitrogens with two attached hydrogens (primary N) is 1. The lowest BCUT2D eigenvalue weighted by atomic mass is 9.57. The van der Waals surface area contributed by atoms with Crippen LogP contribution in [-0.4, -0.2) is 99.0 Å². The molecule has 2 fully saturated rings. The van der Waals surface area contributed by atoms with Crippen LogP contribution in [0.5, 0.6) is 5.75 Å². The molecule has 0 aromatic heterocycles. The van der Waals surface area contributed by atoms with Crippen LogP contribution < -0.4 is 11.1 Å². The molecule has 12 nitrogen and oxygen atoms in total. The highest BCUT2D eigenvalue weighted by atomic mass is 19.4. The van der Waals surface area contributed by atoms with E-state index in [1.807, 2.05) is 0 Å². The van der Waals surface area contributed by atoms with E-state index in [9.17, 15) is 52.8 Å². The number of Topliss-reactive ketones (excluding diaryl/α,β-unsaturated/α-hetero) is 2. The lowest BCUT2D eigenvalue weighted by Crippen LogP contribution is -2.65. The number of phenols is 1. The van der Waals surface area contributed by atoms with Crippen molar-refractivity contribution in [2.75, 3.05) is 39.0 Å². The predicted octanol–water partition coefficient (Wildman–Crippen LogP) is 1.02. The first-order valence-corrected chi connectivity index (χ1v) is 13.6. The third-order valence-corrected chi connectivity index (χ3v) is 8.87. The molecule has 1 aromatic carbocycles. The first kappa shape index (κ1) is 30.5. The summed E-state index contributed by atoms with van der Waals surface area (Å²) in [6, 6.07) is -0.809. The number of hydrogen-bond donors (Lipinski definition) is 6. The van der Waals surface area contributed by atoms with Crippen LogP contribution in [0.1, 0.15) is 36.0 Å². The van der Waals surface area contributed by atoms with Crippen LogP contribution in [-0.2, 0) is 31.8 Å².